The Kier molecular flexibility index (Phi) is 12.6. The molecule has 0 aliphatic heterocycles. The third kappa shape index (κ3) is 7.77. The maximum absolute atomic E-state index is 9.11. The fourth-order valence-corrected chi connectivity index (χ4v) is 3.40. The van der Waals surface area contributed by atoms with Crippen LogP contribution in [0.1, 0.15) is 39.5 Å². The van der Waals surface area contributed by atoms with Crippen LogP contribution in [-0.2, 0) is 0 Å². The largest absolute Gasteiger partial charge is 0.398 e. The molecule has 2 N–H and O–H groups in total. The highest BCUT2D eigenvalue weighted by molar-refractivity contribution is 7.16. The number of thiophene rings is 1. The zero-order valence-electron chi connectivity index (χ0n) is 19.4. The van der Waals surface area contributed by atoms with Crippen molar-refractivity contribution in [2.24, 2.45) is 5.73 Å². The molecule has 0 amide bonds. The van der Waals surface area contributed by atoms with E-state index in [4.69, 9.17) is 11.0 Å². The van der Waals surface area contributed by atoms with Crippen molar-refractivity contribution in [3.05, 3.63) is 75.3 Å². The molecular formula is C26H35N3S. The molecule has 0 saturated carbocycles. The number of nitrogens with two attached hydrogens (primary N) is 1. The van der Waals surface area contributed by atoms with Gasteiger partial charge in [-0.2, -0.15) is 5.26 Å². The van der Waals surface area contributed by atoms with E-state index in [0.717, 1.165) is 31.5 Å². The first-order chi connectivity index (χ1) is 14.3. The molecule has 0 saturated heterocycles. The number of rotatable bonds is 5. The monoisotopic (exact) mass is 421 g/mol. The van der Waals surface area contributed by atoms with Gasteiger partial charge in [-0.05, 0) is 53.3 Å². The van der Waals surface area contributed by atoms with Crippen LogP contribution in [0.25, 0.3) is 29.2 Å². The Labute approximate surface area is 186 Å². The van der Waals surface area contributed by atoms with Crippen molar-refractivity contribution >= 4 is 30.1 Å². The van der Waals surface area contributed by atoms with Crippen molar-refractivity contribution in [3.63, 3.8) is 0 Å². The maximum atomic E-state index is 9.11. The minimum absolute atomic E-state index is 0.281. The SMILES string of the molecule is C=C(N)/C(C#N)=C/c1ccc(-c2cc/c(=C/C(=C\C)N(C)C)c(=C)c2)s1.CC.CC. The van der Waals surface area contributed by atoms with Crippen molar-refractivity contribution in [1.82, 2.24) is 4.90 Å². The van der Waals surface area contributed by atoms with Gasteiger partial charge >= 0.3 is 0 Å². The lowest BCUT2D eigenvalue weighted by molar-refractivity contribution is 0.536. The topological polar surface area (TPSA) is 53.1 Å². The van der Waals surface area contributed by atoms with Gasteiger partial charge in [-0.3, -0.25) is 0 Å². The van der Waals surface area contributed by atoms with Crippen LogP contribution in [0.4, 0.5) is 0 Å². The zero-order valence-corrected chi connectivity index (χ0v) is 20.2. The summed E-state index contributed by atoms with van der Waals surface area (Å²) in [6.45, 7) is 17.8. The highest BCUT2D eigenvalue weighted by Crippen LogP contribution is 2.28. The van der Waals surface area contributed by atoms with Gasteiger partial charge in [-0.25, -0.2) is 0 Å². The maximum Gasteiger partial charge on any atom is 0.101 e. The van der Waals surface area contributed by atoms with Gasteiger partial charge in [0.15, 0.2) is 0 Å². The van der Waals surface area contributed by atoms with Crippen LogP contribution in [0.5, 0.6) is 0 Å². The summed E-state index contributed by atoms with van der Waals surface area (Å²) in [5.74, 6) is 0. The summed E-state index contributed by atoms with van der Waals surface area (Å²) in [6.07, 6.45) is 5.96. The van der Waals surface area contributed by atoms with Gasteiger partial charge in [0.05, 0.1) is 5.57 Å². The molecule has 0 unspecified atom stereocenters. The molecule has 4 heteroatoms. The molecule has 0 spiro atoms. The van der Waals surface area contributed by atoms with Crippen LogP contribution in [0, 0.1) is 11.3 Å². The molecule has 30 heavy (non-hydrogen) atoms. The van der Waals surface area contributed by atoms with Crippen LogP contribution in [0.2, 0.25) is 0 Å². The molecule has 0 atom stereocenters. The van der Waals surface area contributed by atoms with E-state index >= 15 is 0 Å². The fraction of sp³-hybridized carbons (Fsp3) is 0.269. The van der Waals surface area contributed by atoms with E-state index in [0.29, 0.717) is 5.57 Å². The molecule has 0 aliphatic rings. The Morgan fingerprint density at radius 2 is 1.77 bits per heavy atom. The summed E-state index contributed by atoms with van der Waals surface area (Å²) in [6, 6.07) is 12.4. The van der Waals surface area contributed by atoms with Crippen molar-refractivity contribution in [2.45, 2.75) is 34.6 Å². The average Bonchev–Trinajstić information content (AvgIpc) is 3.22. The summed E-state index contributed by atoms with van der Waals surface area (Å²) >= 11 is 1.60. The predicted molar refractivity (Wildman–Crippen MR) is 136 cm³/mol. The van der Waals surface area contributed by atoms with E-state index in [1.807, 2.05) is 60.8 Å². The number of allylic oxidation sites excluding steroid dienone is 3. The summed E-state index contributed by atoms with van der Waals surface area (Å²) in [7, 11) is 4.05. The van der Waals surface area contributed by atoms with Crippen molar-refractivity contribution in [3.8, 4) is 16.5 Å². The molecule has 2 rings (SSSR count). The third-order valence-corrected chi connectivity index (χ3v) is 5.00. The number of nitrogens with zero attached hydrogens (tertiary/aromatic N) is 2. The fourth-order valence-electron chi connectivity index (χ4n) is 2.45. The third-order valence-electron chi connectivity index (χ3n) is 3.92. The molecule has 0 fully saturated rings. The van der Waals surface area contributed by atoms with Crippen molar-refractivity contribution in [1.29, 1.82) is 5.26 Å². The standard InChI is InChI=1S/C22H23N3S.2C2H6/c1-6-20(25(4)5)12-17-7-8-18(11-15(17)2)22-10-9-21(26-22)13-19(14-23)16(3)24;2*1-2/h6-13H,2-3,24H2,1,4-5H3;2*1-2H3/b17-12-,19-13+,20-6+;;. The molecule has 0 bridgehead atoms. The predicted octanol–water partition coefficient (Wildman–Crippen LogP) is 5.50. The zero-order chi connectivity index (χ0) is 23.3. The normalized spacial score (nSPS) is 11.5. The lowest BCUT2D eigenvalue weighted by Crippen LogP contribution is -2.24. The van der Waals surface area contributed by atoms with Gasteiger partial charge in [0.25, 0.3) is 0 Å². The van der Waals surface area contributed by atoms with Gasteiger partial charge < -0.3 is 10.6 Å². The van der Waals surface area contributed by atoms with Crippen LogP contribution >= 0.6 is 11.3 Å². The number of hydrogen-bond acceptors (Lipinski definition) is 4. The van der Waals surface area contributed by atoms with Crippen LogP contribution < -0.4 is 16.2 Å². The molecule has 1 aromatic heterocycles. The summed E-state index contributed by atoms with van der Waals surface area (Å²) < 4.78 is 0. The molecule has 0 aliphatic carbocycles. The second-order valence-corrected chi connectivity index (χ2v) is 7.18. The molecule has 1 aromatic carbocycles. The smallest absolute Gasteiger partial charge is 0.101 e. The van der Waals surface area contributed by atoms with Crippen molar-refractivity contribution in [2.75, 3.05) is 14.1 Å². The van der Waals surface area contributed by atoms with Crippen LogP contribution in [0.15, 0.2) is 60.0 Å². The number of nitriles is 1. The number of hydrogen-bond donors (Lipinski definition) is 1. The van der Waals surface area contributed by atoms with E-state index in [1.54, 1.807) is 17.4 Å². The van der Waals surface area contributed by atoms with Gasteiger partial charge in [-0.15, -0.1) is 11.3 Å². The van der Waals surface area contributed by atoms with Gasteiger partial charge in [0.1, 0.15) is 6.07 Å². The molecule has 0 radical (unpaired) electrons. The summed E-state index contributed by atoms with van der Waals surface area (Å²) in [5, 5.41) is 11.2. The van der Waals surface area contributed by atoms with Crippen molar-refractivity contribution < 1.29 is 0 Å². The molecule has 1 heterocycles. The Morgan fingerprint density at radius 1 is 1.13 bits per heavy atom. The van der Waals surface area contributed by atoms with Crippen LogP contribution in [-0.4, -0.2) is 19.0 Å². The highest BCUT2D eigenvalue weighted by atomic mass is 32.1. The highest BCUT2D eigenvalue weighted by Gasteiger charge is 2.04. The quantitative estimate of drug-likeness (QED) is 0.512. The van der Waals surface area contributed by atoms with E-state index in [1.165, 1.54) is 0 Å². The van der Waals surface area contributed by atoms with Gasteiger partial charge in [-0.1, -0.05) is 59.1 Å². The summed E-state index contributed by atoms with van der Waals surface area (Å²) in [4.78, 5) is 4.16. The molecular weight excluding hydrogens is 386 g/mol. The minimum Gasteiger partial charge on any atom is -0.398 e. The van der Waals surface area contributed by atoms with E-state index in [2.05, 4.69) is 54.5 Å². The Balaban J connectivity index is 0.00000198. The second kappa shape index (κ2) is 14.0. The minimum atomic E-state index is 0.281. The van der Waals surface area contributed by atoms with Gasteiger partial charge in [0, 0.05) is 35.2 Å². The lowest BCUT2D eigenvalue weighted by Gasteiger charge is -2.12. The molecule has 2 aromatic rings. The average molecular weight is 422 g/mol. The van der Waals surface area contributed by atoms with E-state index < -0.39 is 0 Å². The molecule has 160 valence electrons. The van der Waals surface area contributed by atoms with Gasteiger partial charge in [0.2, 0.25) is 0 Å². The van der Waals surface area contributed by atoms with E-state index in [-0.39, 0.29) is 5.70 Å². The first-order valence-electron chi connectivity index (χ1n) is 10.2. The number of benzene rings is 1. The Morgan fingerprint density at radius 3 is 2.23 bits per heavy atom. The first-order valence-corrected chi connectivity index (χ1v) is 11.0. The second-order valence-electron chi connectivity index (χ2n) is 6.06. The Bertz CT molecular complexity index is 1030. The molecule has 3 nitrogen and oxygen atoms in total. The van der Waals surface area contributed by atoms with E-state index in [9.17, 15) is 0 Å². The van der Waals surface area contributed by atoms with Crippen LogP contribution in [0.3, 0.4) is 0 Å². The first kappa shape index (κ1) is 27.0. The lowest BCUT2D eigenvalue weighted by atomic mass is 10.1. The Hall–Kier alpha value is -3.03. The summed E-state index contributed by atoms with van der Waals surface area (Å²) in [5.41, 5.74) is 8.54.